The van der Waals surface area contributed by atoms with Crippen molar-refractivity contribution < 1.29 is 4.81 Å². The highest BCUT2D eigenvalue weighted by molar-refractivity contribution is 3.81. The van der Waals surface area contributed by atoms with E-state index in [2.05, 4.69) is 10.5 Å². The molecule has 0 fully saturated rings. The second-order valence-corrected chi connectivity index (χ2v) is 0.947. The maximum Gasteiger partial charge on any atom is 0.190 e. The Balaban J connectivity index is 3.22. The fourth-order valence-corrected chi connectivity index (χ4v) is 0.100. The van der Waals surface area contributed by atoms with Gasteiger partial charge in [-0.15, -0.1) is 0 Å². The summed E-state index contributed by atoms with van der Waals surface area (Å²) in [7, 11) is 5.36. The largest absolute Gasteiger partial charge is 0.190 e. The molecule has 0 atom stereocenters. The van der Waals surface area contributed by atoms with Crippen LogP contribution in [0.15, 0.2) is 5.11 Å². The van der Waals surface area contributed by atoms with E-state index < -0.39 is 0 Å². The monoisotopic (exact) mass is 88.1 g/mol. The molecular weight excluding hydrogens is 78.1 g/mol. The summed E-state index contributed by atoms with van der Waals surface area (Å²) < 4.78 is 0. The summed E-state index contributed by atoms with van der Waals surface area (Å²) in [5, 5.41) is 3.73. The third-order valence-corrected chi connectivity index (χ3v) is 0.624. The molecule has 0 spiro atoms. The van der Waals surface area contributed by atoms with Crippen LogP contribution in [0.4, 0.5) is 0 Å². The molecule has 36 valence electrons. The fourth-order valence-electron chi connectivity index (χ4n) is 0.100. The summed E-state index contributed by atoms with van der Waals surface area (Å²) in [5.41, 5.74) is 2.78. The first kappa shape index (κ1) is 5.40. The predicted molar refractivity (Wildman–Crippen MR) is 23.6 cm³/mol. The normalized spacial score (nSPS) is 11.5. The van der Waals surface area contributed by atoms with E-state index in [1.54, 1.807) is 11.9 Å². The van der Waals surface area contributed by atoms with Gasteiger partial charge in [-0.1, -0.05) is 0 Å². The van der Waals surface area contributed by atoms with Crippen LogP contribution >= 0.6 is 0 Å². The van der Waals surface area contributed by atoms with Gasteiger partial charge in [-0.3, -0.25) is 0 Å². The smallest absolute Gasteiger partial charge is 0.178 e. The van der Waals surface area contributed by atoms with Crippen LogP contribution in [0.1, 0.15) is 0 Å². The maximum atomic E-state index is 3.73. The second kappa shape index (κ2) is 2.63. The minimum Gasteiger partial charge on any atom is -0.178 e. The lowest BCUT2D eigenvalue weighted by Gasteiger charge is -1.81. The van der Waals surface area contributed by atoms with Crippen LogP contribution in [0.3, 0.4) is 0 Å². The Morgan fingerprint density at radius 2 is 2.17 bits per heavy atom. The van der Waals surface area contributed by atoms with E-state index >= 15 is 0 Å². The molecule has 3 nitrogen and oxygen atoms in total. The van der Waals surface area contributed by atoms with Gasteiger partial charge >= 0.3 is 0 Å². The molecule has 6 heavy (non-hydrogen) atoms. The topological polar surface area (TPSA) is 27.4 Å². The Kier molecular flexibility index (Phi) is 2.36. The average Bonchev–Trinajstić information content (AvgIpc) is 1.65. The molecule has 0 aromatic rings. The van der Waals surface area contributed by atoms with Gasteiger partial charge in [-0.25, -0.2) is 0 Å². The molecule has 0 aromatic heterocycles. The van der Waals surface area contributed by atoms with Crippen LogP contribution in [0.5, 0.6) is 0 Å². The molecule has 0 radical (unpaired) electrons. The second-order valence-electron chi connectivity index (χ2n) is 0.947. The first-order chi connectivity index (χ1) is 2.81. The maximum absolute atomic E-state index is 3.73. The highest BCUT2D eigenvalue weighted by Gasteiger charge is 1.77. The summed E-state index contributed by atoms with van der Waals surface area (Å²) in [4.78, 5) is 1.62. The van der Waals surface area contributed by atoms with Crippen LogP contribution in [0, 0.1) is 0 Å². The number of hydrazine groups is 1. The van der Waals surface area contributed by atoms with E-state index in [4.69, 9.17) is 0 Å². The van der Waals surface area contributed by atoms with Gasteiger partial charge in [-0.2, -0.15) is 5.43 Å². The van der Waals surface area contributed by atoms with Gasteiger partial charge in [-0.05, 0) is 9.92 Å². The van der Waals surface area contributed by atoms with Crippen molar-refractivity contribution in [1.29, 1.82) is 0 Å². The number of hydrogen-bond acceptors (Lipinski definition) is 1. The molecule has 0 unspecified atom stereocenters. The quantitative estimate of drug-likeness (QED) is 0.269. The molecule has 0 bridgehead atoms. The minimum atomic E-state index is 1.62. The molecule has 0 aliphatic heterocycles. The molecule has 0 aromatic carbocycles. The van der Waals surface area contributed by atoms with Gasteiger partial charge in [0, 0.05) is 0 Å². The van der Waals surface area contributed by atoms with E-state index in [1.165, 1.54) is 0 Å². The van der Waals surface area contributed by atoms with Gasteiger partial charge in [0.05, 0.1) is 14.1 Å². The van der Waals surface area contributed by atoms with Crippen molar-refractivity contribution >= 4 is 0 Å². The summed E-state index contributed by atoms with van der Waals surface area (Å²) in [5.74, 6) is 0. The van der Waals surface area contributed by atoms with Gasteiger partial charge in [0.25, 0.3) is 0 Å². The number of rotatable bonds is 1. The van der Waals surface area contributed by atoms with E-state index in [0.29, 0.717) is 0 Å². The van der Waals surface area contributed by atoms with Crippen LogP contribution in [-0.2, 0) is 0 Å². The molecule has 0 saturated carbocycles. The van der Waals surface area contributed by atoms with Crippen LogP contribution < -0.4 is 5.43 Å². The molecule has 3 heteroatoms. The van der Waals surface area contributed by atoms with E-state index in [-0.39, 0.29) is 0 Å². The third-order valence-electron chi connectivity index (χ3n) is 0.624. The van der Waals surface area contributed by atoms with Crippen molar-refractivity contribution in [2.45, 2.75) is 0 Å². The Morgan fingerprint density at radius 1 is 1.67 bits per heavy atom. The number of nitrogens with zero attached hydrogens (tertiary/aromatic N) is 2. The Morgan fingerprint density at radius 3 is 2.17 bits per heavy atom. The standard InChI is InChI=1S/C3H10N3/c1-4-6(3)5-2/h1-3H3,(H,4,5)/q+1. The van der Waals surface area contributed by atoms with Crippen LogP contribution in [0.2, 0.25) is 0 Å². The number of nitrogens with one attached hydrogen (secondary N) is 1. The van der Waals surface area contributed by atoms with Crippen LogP contribution in [0.25, 0.3) is 0 Å². The van der Waals surface area contributed by atoms with Gasteiger partial charge in [0.1, 0.15) is 0 Å². The van der Waals surface area contributed by atoms with Crippen molar-refractivity contribution in [2.75, 3.05) is 21.1 Å². The number of azo groups is 1. The summed E-state index contributed by atoms with van der Waals surface area (Å²) >= 11 is 0. The van der Waals surface area contributed by atoms with Crippen molar-refractivity contribution in [1.82, 2.24) is 5.43 Å². The summed E-state index contributed by atoms with van der Waals surface area (Å²) in [6, 6.07) is 0. The summed E-state index contributed by atoms with van der Waals surface area (Å²) in [6.07, 6.45) is 0. The Labute approximate surface area is 37.6 Å². The van der Waals surface area contributed by atoms with Crippen molar-refractivity contribution in [3.8, 4) is 0 Å². The molecule has 0 aliphatic rings. The third kappa shape index (κ3) is 1.69. The molecule has 0 amide bonds. The highest BCUT2D eigenvalue weighted by atomic mass is 15.5. The van der Waals surface area contributed by atoms with Gasteiger partial charge in [0.2, 0.25) is 0 Å². The lowest BCUT2D eigenvalue weighted by Crippen LogP contribution is -2.17. The lowest BCUT2D eigenvalue weighted by molar-refractivity contribution is -0.618. The predicted octanol–water partition coefficient (Wildman–Crippen LogP) is -0.155. The van der Waals surface area contributed by atoms with E-state index in [1.807, 2.05) is 14.1 Å². The molecule has 0 aliphatic carbocycles. The zero-order valence-corrected chi connectivity index (χ0v) is 4.39. The fraction of sp³-hybridized carbons (Fsp3) is 1.00. The molecule has 0 heterocycles. The van der Waals surface area contributed by atoms with Crippen molar-refractivity contribution in [2.24, 2.45) is 5.11 Å². The first-order valence-electron chi connectivity index (χ1n) is 1.82. The highest BCUT2D eigenvalue weighted by Crippen LogP contribution is 1.52. The Bertz CT molecular complexity index is 57.1. The average molecular weight is 88.1 g/mol. The Hall–Kier alpha value is -0.600. The van der Waals surface area contributed by atoms with Gasteiger partial charge in [0.15, 0.2) is 7.05 Å². The molecule has 1 N–H and O–H groups in total. The van der Waals surface area contributed by atoms with Crippen LogP contribution in [-0.4, -0.2) is 25.9 Å². The van der Waals surface area contributed by atoms with Crippen molar-refractivity contribution in [3.05, 3.63) is 0 Å². The first-order valence-corrected chi connectivity index (χ1v) is 1.82. The zero-order valence-electron chi connectivity index (χ0n) is 4.39. The molecule has 0 rings (SSSR count). The van der Waals surface area contributed by atoms with Gasteiger partial charge < -0.3 is 0 Å². The lowest BCUT2D eigenvalue weighted by atomic mass is 11.3. The minimum absolute atomic E-state index is 1.62. The molecular formula is C3H10N3+. The summed E-state index contributed by atoms with van der Waals surface area (Å²) in [6.45, 7) is 0. The number of hydrogen-bond donors (Lipinski definition) is 1. The SMILES string of the molecule is C/N=[N+](\C)NC. The zero-order chi connectivity index (χ0) is 4.99. The van der Waals surface area contributed by atoms with Crippen molar-refractivity contribution in [3.63, 3.8) is 0 Å². The van der Waals surface area contributed by atoms with E-state index in [0.717, 1.165) is 0 Å². The van der Waals surface area contributed by atoms with E-state index in [9.17, 15) is 0 Å². The molecule has 0 saturated heterocycles.